The van der Waals surface area contributed by atoms with Crippen molar-refractivity contribution < 1.29 is 18.3 Å². The smallest absolute Gasteiger partial charge is 0.199 e. The number of nitrogen functional groups attached to an aromatic ring is 1. The Morgan fingerprint density at radius 2 is 1.71 bits per heavy atom. The molecule has 2 aromatic rings. The summed E-state index contributed by atoms with van der Waals surface area (Å²) in [5, 5.41) is 0. The number of ketones is 1. The predicted molar refractivity (Wildman–Crippen MR) is 76.7 cm³/mol. The van der Waals surface area contributed by atoms with Crippen molar-refractivity contribution in [3.63, 3.8) is 0 Å². The third kappa shape index (κ3) is 2.59. The van der Waals surface area contributed by atoms with Crippen molar-refractivity contribution in [2.24, 2.45) is 0 Å². The molecule has 2 N–H and O–H groups in total. The van der Waals surface area contributed by atoms with Crippen LogP contribution in [0.5, 0.6) is 5.75 Å². The fourth-order valence-electron chi connectivity index (χ4n) is 2.32. The summed E-state index contributed by atoms with van der Waals surface area (Å²) in [7, 11) is 1.52. The molecule has 0 spiro atoms. The summed E-state index contributed by atoms with van der Waals surface area (Å²) in [6.07, 6.45) is 0. The van der Waals surface area contributed by atoms with Crippen LogP contribution in [0.4, 0.5) is 14.5 Å². The Hall–Kier alpha value is -2.43. The first-order valence-corrected chi connectivity index (χ1v) is 6.30. The van der Waals surface area contributed by atoms with Crippen LogP contribution in [0.25, 0.3) is 0 Å². The number of benzene rings is 2. The first-order valence-electron chi connectivity index (χ1n) is 6.30. The number of methoxy groups -OCH3 is 1. The van der Waals surface area contributed by atoms with E-state index < -0.39 is 23.0 Å². The summed E-state index contributed by atoms with van der Waals surface area (Å²) >= 11 is 0. The van der Waals surface area contributed by atoms with Gasteiger partial charge in [0.1, 0.15) is 11.6 Å². The van der Waals surface area contributed by atoms with E-state index in [0.29, 0.717) is 16.9 Å². The van der Waals surface area contributed by atoms with Gasteiger partial charge in [-0.25, -0.2) is 8.78 Å². The second-order valence-corrected chi connectivity index (χ2v) is 4.80. The molecule has 2 rings (SSSR count). The van der Waals surface area contributed by atoms with Crippen LogP contribution in [0.3, 0.4) is 0 Å². The second kappa shape index (κ2) is 5.52. The zero-order valence-corrected chi connectivity index (χ0v) is 12.0. The van der Waals surface area contributed by atoms with Crippen LogP contribution in [-0.4, -0.2) is 12.9 Å². The molecule has 110 valence electrons. The van der Waals surface area contributed by atoms with Gasteiger partial charge in [0.25, 0.3) is 0 Å². The number of carbonyl (C=O) groups is 1. The maximum Gasteiger partial charge on any atom is 0.199 e. The van der Waals surface area contributed by atoms with E-state index in [1.807, 2.05) is 0 Å². The monoisotopic (exact) mass is 291 g/mol. The minimum Gasteiger partial charge on any atom is -0.496 e. The number of rotatable bonds is 3. The lowest BCUT2D eigenvalue weighted by atomic mass is 9.97. The third-order valence-corrected chi connectivity index (χ3v) is 3.27. The van der Waals surface area contributed by atoms with Gasteiger partial charge in [0.2, 0.25) is 0 Å². The fourth-order valence-corrected chi connectivity index (χ4v) is 2.32. The average Bonchev–Trinajstić information content (AvgIpc) is 2.43. The van der Waals surface area contributed by atoms with E-state index in [-0.39, 0.29) is 11.3 Å². The topological polar surface area (TPSA) is 52.3 Å². The molecule has 0 saturated carbocycles. The van der Waals surface area contributed by atoms with Gasteiger partial charge in [-0.2, -0.15) is 0 Å². The summed E-state index contributed by atoms with van der Waals surface area (Å²) in [5.74, 6) is -2.07. The van der Waals surface area contributed by atoms with Gasteiger partial charge in [0.05, 0.1) is 18.4 Å². The molecule has 5 heteroatoms. The summed E-state index contributed by atoms with van der Waals surface area (Å²) < 4.78 is 32.9. The predicted octanol–water partition coefficient (Wildman–Crippen LogP) is 3.40. The Kier molecular flexibility index (Phi) is 3.93. The van der Waals surface area contributed by atoms with E-state index in [1.165, 1.54) is 19.2 Å². The van der Waals surface area contributed by atoms with Gasteiger partial charge in [-0.15, -0.1) is 0 Å². The van der Waals surface area contributed by atoms with Gasteiger partial charge in [-0.3, -0.25) is 4.79 Å². The van der Waals surface area contributed by atoms with Crippen molar-refractivity contribution in [2.45, 2.75) is 13.8 Å². The Morgan fingerprint density at radius 1 is 1.14 bits per heavy atom. The minimum absolute atomic E-state index is 0.189. The molecule has 0 radical (unpaired) electrons. The van der Waals surface area contributed by atoms with E-state index in [9.17, 15) is 13.6 Å². The Balaban J connectivity index is 2.59. The van der Waals surface area contributed by atoms with Crippen LogP contribution in [0.15, 0.2) is 24.3 Å². The summed E-state index contributed by atoms with van der Waals surface area (Å²) in [6.45, 7) is 3.52. The van der Waals surface area contributed by atoms with E-state index in [0.717, 1.165) is 12.1 Å². The summed E-state index contributed by atoms with van der Waals surface area (Å²) in [6, 6.07) is 5.15. The number of aryl methyl sites for hydroxylation is 2. The highest BCUT2D eigenvalue weighted by atomic mass is 19.1. The molecule has 0 amide bonds. The molecule has 2 aromatic carbocycles. The van der Waals surface area contributed by atoms with Crippen molar-refractivity contribution in [2.75, 3.05) is 12.8 Å². The van der Waals surface area contributed by atoms with Crippen molar-refractivity contribution >= 4 is 11.5 Å². The van der Waals surface area contributed by atoms with Crippen LogP contribution in [0.1, 0.15) is 27.0 Å². The van der Waals surface area contributed by atoms with E-state index in [4.69, 9.17) is 10.5 Å². The quantitative estimate of drug-likeness (QED) is 0.696. The lowest BCUT2D eigenvalue weighted by molar-refractivity contribution is 0.103. The van der Waals surface area contributed by atoms with Gasteiger partial charge < -0.3 is 10.5 Å². The number of hydrogen-bond donors (Lipinski definition) is 1. The van der Waals surface area contributed by atoms with Crippen molar-refractivity contribution in [1.29, 1.82) is 0 Å². The number of anilines is 1. The Morgan fingerprint density at radius 3 is 2.24 bits per heavy atom. The van der Waals surface area contributed by atoms with Gasteiger partial charge in [-0.05, 0) is 49.2 Å². The Labute approximate surface area is 121 Å². The molecule has 0 aliphatic rings. The van der Waals surface area contributed by atoms with Gasteiger partial charge >= 0.3 is 0 Å². The highest BCUT2D eigenvalue weighted by Gasteiger charge is 2.22. The molecule has 0 heterocycles. The fraction of sp³-hybridized carbons (Fsp3) is 0.188. The Bertz CT molecular complexity index is 703. The molecule has 0 fully saturated rings. The number of halogens is 2. The first-order chi connectivity index (χ1) is 9.86. The summed E-state index contributed by atoms with van der Waals surface area (Å²) in [4.78, 5) is 12.4. The molecule has 0 saturated heterocycles. The zero-order chi connectivity index (χ0) is 15.7. The molecule has 0 aromatic heterocycles. The average molecular weight is 291 g/mol. The standard InChI is InChI=1S/C16H15F2NO2/c1-8-6-10(7-9(2)16(8)21-3)15(20)13-11(17)4-5-12(19)14(13)18/h4-7H,19H2,1-3H3. The lowest BCUT2D eigenvalue weighted by Crippen LogP contribution is -2.10. The second-order valence-electron chi connectivity index (χ2n) is 4.80. The highest BCUT2D eigenvalue weighted by Crippen LogP contribution is 2.27. The first kappa shape index (κ1) is 15.0. The van der Waals surface area contributed by atoms with Crippen LogP contribution < -0.4 is 10.5 Å². The van der Waals surface area contributed by atoms with Crippen molar-refractivity contribution in [3.05, 3.63) is 58.2 Å². The van der Waals surface area contributed by atoms with Crippen LogP contribution in [0.2, 0.25) is 0 Å². The van der Waals surface area contributed by atoms with Gasteiger partial charge in [0.15, 0.2) is 11.6 Å². The molecule has 0 unspecified atom stereocenters. The number of nitrogens with two attached hydrogens (primary N) is 1. The number of hydrogen-bond acceptors (Lipinski definition) is 3. The summed E-state index contributed by atoms with van der Waals surface area (Å²) in [5.41, 5.74) is 6.11. The van der Waals surface area contributed by atoms with E-state index in [1.54, 1.807) is 13.8 Å². The van der Waals surface area contributed by atoms with Crippen molar-refractivity contribution in [1.82, 2.24) is 0 Å². The molecule has 21 heavy (non-hydrogen) atoms. The maximum atomic E-state index is 13.9. The number of carbonyl (C=O) groups excluding carboxylic acids is 1. The molecular weight excluding hydrogens is 276 g/mol. The molecule has 0 atom stereocenters. The molecular formula is C16H15F2NO2. The molecule has 0 bridgehead atoms. The minimum atomic E-state index is -1.04. The maximum absolute atomic E-state index is 13.9. The van der Waals surface area contributed by atoms with Crippen LogP contribution in [0, 0.1) is 25.5 Å². The molecule has 3 nitrogen and oxygen atoms in total. The molecule has 0 aliphatic heterocycles. The van der Waals surface area contributed by atoms with Gasteiger partial charge in [-0.1, -0.05) is 0 Å². The van der Waals surface area contributed by atoms with Crippen molar-refractivity contribution in [3.8, 4) is 5.75 Å². The molecule has 0 aliphatic carbocycles. The van der Waals surface area contributed by atoms with Gasteiger partial charge in [0, 0.05) is 5.56 Å². The normalized spacial score (nSPS) is 10.5. The zero-order valence-electron chi connectivity index (χ0n) is 12.0. The van der Waals surface area contributed by atoms with Crippen LogP contribution >= 0.6 is 0 Å². The van der Waals surface area contributed by atoms with E-state index >= 15 is 0 Å². The van der Waals surface area contributed by atoms with E-state index in [2.05, 4.69) is 0 Å². The largest absolute Gasteiger partial charge is 0.496 e. The highest BCUT2D eigenvalue weighted by molar-refractivity contribution is 6.10. The third-order valence-electron chi connectivity index (χ3n) is 3.27. The van der Waals surface area contributed by atoms with Crippen LogP contribution in [-0.2, 0) is 0 Å². The SMILES string of the molecule is COc1c(C)cc(C(=O)c2c(F)ccc(N)c2F)cc1C. The lowest BCUT2D eigenvalue weighted by Gasteiger charge is -2.12. The number of ether oxygens (including phenoxy) is 1.